The number of nitro benzene ring substituents is 3. The van der Waals surface area contributed by atoms with Crippen molar-refractivity contribution in [3.63, 3.8) is 0 Å². The van der Waals surface area contributed by atoms with E-state index in [9.17, 15) is 50.1 Å². The van der Waals surface area contributed by atoms with E-state index < -0.39 is 72.6 Å². The molecule has 0 saturated carbocycles. The minimum Gasteiger partial charge on any atom is -0.481 e. The molecular formula is C24H17N7O11. The summed E-state index contributed by atoms with van der Waals surface area (Å²) < 4.78 is 1.47. The molecule has 2 aromatic carbocycles. The van der Waals surface area contributed by atoms with Gasteiger partial charge in [-0.25, -0.2) is 9.78 Å². The van der Waals surface area contributed by atoms with Crippen molar-refractivity contribution < 1.29 is 39.4 Å². The Morgan fingerprint density at radius 2 is 1.74 bits per heavy atom. The summed E-state index contributed by atoms with van der Waals surface area (Å²) in [6.45, 7) is -0.165. The Morgan fingerprint density at radius 1 is 1.02 bits per heavy atom. The highest BCUT2D eigenvalue weighted by Crippen LogP contribution is 2.40. The van der Waals surface area contributed by atoms with Crippen molar-refractivity contribution >= 4 is 40.9 Å². The van der Waals surface area contributed by atoms with Crippen LogP contribution in [-0.2, 0) is 16.1 Å². The van der Waals surface area contributed by atoms with Crippen LogP contribution in [0.25, 0.3) is 0 Å². The molecule has 0 radical (unpaired) electrons. The largest absolute Gasteiger partial charge is 0.481 e. The number of carbonyl (C=O) groups is 2. The number of carboxylic acids is 2. The van der Waals surface area contributed by atoms with Gasteiger partial charge in [0.05, 0.1) is 56.9 Å². The quantitative estimate of drug-likeness (QED) is 0.189. The van der Waals surface area contributed by atoms with Crippen LogP contribution in [0, 0.1) is 36.3 Å². The number of hydrogen-bond acceptors (Lipinski definition) is 12. The number of hydrogen-bond donors (Lipinski definition) is 2. The van der Waals surface area contributed by atoms with E-state index in [4.69, 9.17) is 4.84 Å². The number of aliphatic carboxylic acids is 2. The molecule has 0 spiro atoms. The second-order valence-electron chi connectivity index (χ2n) is 8.58. The van der Waals surface area contributed by atoms with Gasteiger partial charge in [0.15, 0.2) is 0 Å². The summed E-state index contributed by atoms with van der Waals surface area (Å²) in [5.41, 5.74) is -2.88. The number of aromatic nitrogens is 2. The molecule has 42 heavy (non-hydrogen) atoms. The minimum atomic E-state index is -1.62. The zero-order valence-corrected chi connectivity index (χ0v) is 20.9. The Hall–Kier alpha value is -6.33. The fraction of sp³-hybridized carbons (Fsp3) is 0.125. The molecule has 18 nitrogen and oxygen atoms in total. The highest BCUT2D eigenvalue weighted by Gasteiger charge is 2.43. The summed E-state index contributed by atoms with van der Waals surface area (Å²) in [7, 11) is 0. The third kappa shape index (κ3) is 5.96. The van der Waals surface area contributed by atoms with E-state index >= 15 is 0 Å². The molecule has 0 fully saturated rings. The van der Waals surface area contributed by atoms with Gasteiger partial charge in [0.1, 0.15) is 5.92 Å². The topological polar surface area (TPSA) is 256 Å². The molecule has 0 amide bonds. The van der Waals surface area contributed by atoms with Gasteiger partial charge in [-0.2, -0.15) is 0 Å². The maximum Gasteiger partial charge on any atom is 0.334 e. The first-order valence-corrected chi connectivity index (χ1v) is 11.6. The van der Waals surface area contributed by atoms with Gasteiger partial charge in [-0.3, -0.25) is 40.1 Å². The standard InChI is InChI=1S/C24H17N7O11/c32-23(33)21-16(10-26-42-19-5-4-15(30(38)39)9-18(19)31(40)41)27-17(11-28-7-6-25-12-28)22(24(34)35)20(21)13-2-1-3-14(8-13)29(36)37/h1-10,12,20,22H,11H2,(H,32,33)(H,34,35). The van der Waals surface area contributed by atoms with E-state index in [1.807, 2.05) is 0 Å². The van der Waals surface area contributed by atoms with Crippen molar-refractivity contribution in [1.29, 1.82) is 0 Å². The van der Waals surface area contributed by atoms with Crippen molar-refractivity contribution in [2.75, 3.05) is 0 Å². The number of aliphatic imine (C=N–C) groups is 1. The molecule has 0 aliphatic carbocycles. The summed E-state index contributed by atoms with van der Waals surface area (Å²) in [4.78, 5) is 69.5. The fourth-order valence-corrected chi connectivity index (χ4v) is 4.29. The van der Waals surface area contributed by atoms with Crippen molar-refractivity contribution in [3.8, 4) is 5.75 Å². The fourth-order valence-electron chi connectivity index (χ4n) is 4.29. The Morgan fingerprint density at radius 3 is 2.33 bits per heavy atom. The summed E-state index contributed by atoms with van der Waals surface area (Å²) in [5, 5.41) is 57.7. The van der Waals surface area contributed by atoms with Gasteiger partial charge in [0, 0.05) is 36.5 Å². The predicted molar refractivity (Wildman–Crippen MR) is 140 cm³/mol. The van der Waals surface area contributed by atoms with Gasteiger partial charge in [0.2, 0.25) is 5.75 Å². The van der Waals surface area contributed by atoms with Gasteiger partial charge >= 0.3 is 17.6 Å². The molecule has 4 rings (SSSR count). The third-order valence-corrected chi connectivity index (χ3v) is 6.06. The normalized spacial score (nSPS) is 16.6. The molecule has 2 unspecified atom stereocenters. The second kappa shape index (κ2) is 11.8. The van der Waals surface area contributed by atoms with Crippen LogP contribution in [-0.4, -0.2) is 58.4 Å². The number of nitro groups is 3. The summed E-state index contributed by atoms with van der Waals surface area (Å²) in [6, 6.07) is 7.30. The summed E-state index contributed by atoms with van der Waals surface area (Å²) >= 11 is 0. The number of nitrogens with zero attached hydrogens (tertiary/aromatic N) is 7. The number of non-ortho nitro benzene ring substituents is 2. The molecule has 1 aromatic heterocycles. The zero-order valence-electron chi connectivity index (χ0n) is 20.9. The van der Waals surface area contributed by atoms with Crippen LogP contribution >= 0.6 is 0 Å². The first-order chi connectivity index (χ1) is 20.0. The van der Waals surface area contributed by atoms with Gasteiger partial charge in [-0.05, 0) is 11.6 Å². The Labute approximate surface area is 233 Å². The number of oxime groups is 1. The minimum absolute atomic E-state index is 0.00939. The Balaban J connectivity index is 1.86. The molecular weight excluding hydrogens is 562 g/mol. The lowest BCUT2D eigenvalue weighted by Gasteiger charge is -2.30. The van der Waals surface area contributed by atoms with Gasteiger partial charge in [-0.15, -0.1) is 0 Å². The molecule has 0 bridgehead atoms. The van der Waals surface area contributed by atoms with E-state index in [-0.39, 0.29) is 17.8 Å². The average molecular weight is 579 g/mol. The maximum atomic E-state index is 12.5. The second-order valence-corrected chi connectivity index (χ2v) is 8.58. The molecule has 214 valence electrons. The monoisotopic (exact) mass is 579 g/mol. The van der Waals surface area contributed by atoms with E-state index in [2.05, 4.69) is 15.1 Å². The van der Waals surface area contributed by atoms with Crippen molar-refractivity contribution in [1.82, 2.24) is 9.55 Å². The van der Waals surface area contributed by atoms with Crippen LogP contribution in [0.15, 0.2) is 82.6 Å². The molecule has 2 atom stereocenters. The van der Waals surface area contributed by atoms with Gasteiger partial charge < -0.3 is 19.6 Å². The number of benzene rings is 2. The number of imidazole rings is 1. The Kier molecular flexibility index (Phi) is 8.07. The van der Waals surface area contributed by atoms with Gasteiger partial charge in [-0.1, -0.05) is 17.3 Å². The van der Waals surface area contributed by atoms with Crippen LogP contribution in [0.3, 0.4) is 0 Å². The van der Waals surface area contributed by atoms with Crippen LogP contribution in [0.4, 0.5) is 17.1 Å². The van der Waals surface area contributed by atoms with Crippen LogP contribution in [0.5, 0.6) is 5.75 Å². The highest BCUT2D eigenvalue weighted by molar-refractivity contribution is 6.10. The SMILES string of the molecule is O=C(O)C1=C(C=NOc2ccc([N+](=O)[O-])cc2[N+](=O)[O-])N=C(Cn2ccnc2)C(C(=O)O)C1c1cccc([N+](=O)[O-])c1. The molecule has 2 heterocycles. The molecule has 18 heteroatoms. The number of rotatable bonds is 11. The molecule has 0 saturated heterocycles. The molecule has 1 aliphatic rings. The predicted octanol–water partition coefficient (Wildman–Crippen LogP) is 2.95. The Bertz CT molecular complexity index is 1700. The van der Waals surface area contributed by atoms with Crippen LogP contribution in [0.2, 0.25) is 0 Å². The first kappa shape index (κ1) is 28.7. The summed E-state index contributed by atoms with van der Waals surface area (Å²) in [5.74, 6) is -6.68. The number of allylic oxidation sites excluding steroid dienone is 1. The third-order valence-electron chi connectivity index (χ3n) is 6.06. The molecule has 2 N–H and O–H groups in total. The van der Waals surface area contributed by atoms with E-state index in [1.54, 1.807) is 0 Å². The lowest BCUT2D eigenvalue weighted by atomic mass is 9.75. The molecule has 3 aromatic rings. The van der Waals surface area contributed by atoms with E-state index in [0.29, 0.717) is 6.07 Å². The lowest BCUT2D eigenvalue weighted by Crippen LogP contribution is -2.38. The number of carboxylic acid groups (broad SMARTS) is 2. The van der Waals surface area contributed by atoms with Crippen LogP contribution in [0.1, 0.15) is 11.5 Å². The zero-order chi connectivity index (χ0) is 30.6. The lowest BCUT2D eigenvalue weighted by molar-refractivity contribution is -0.394. The first-order valence-electron chi connectivity index (χ1n) is 11.6. The van der Waals surface area contributed by atoms with E-state index in [0.717, 1.165) is 30.5 Å². The maximum absolute atomic E-state index is 12.5. The average Bonchev–Trinajstić information content (AvgIpc) is 3.45. The van der Waals surface area contributed by atoms with Gasteiger partial charge in [0.25, 0.3) is 11.4 Å². The summed E-state index contributed by atoms with van der Waals surface area (Å²) in [6.07, 6.45) is 5.07. The highest BCUT2D eigenvalue weighted by atomic mass is 16.7. The van der Waals surface area contributed by atoms with Crippen LogP contribution < -0.4 is 4.84 Å². The molecule has 1 aliphatic heterocycles. The van der Waals surface area contributed by atoms with Crippen molar-refractivity contribution in [3.05, 3.63) is 108 Å². The van der Waals surface area contributed by atoms with Crippen molar-refractivity contribution in [2.24, 2.45) is 16.1 Å². The smallest absolute Gasteiger partial charge is 0.334 e. The van der Waals surface area contributed by atoms with Crippen molar-refractivity contribution in [2.45, 2.75) is 12.5 Å². The van der Waals surface area contributed by atoms with E-state index in [1.165, 1.54) is 35.4 Å².